The zero-order valence-electron chi connectivity index (χ0n) is 19.8. The van der Waals surface area contributed by atoms with Gasteiger partial charge in [0, 0.05) is 36.8 Å². The number of piperidine rings is 1. The van der Waals surface area contributed by atoms with Crippen LogP contribution in [0.25, 0.3) is 0 Å². The van der Waals surface area contributed by atoms with Crippen LogP contribution in [0.1, 0.15) is 36.2 Å². The molecular weight excluding hydrogens is 444 g/mol. The Morgan fingerprint density at radius 1 is 0.970 bits per heavy atom. The fraction of sp³-hybridized carbons (Fsp3) is 0.458. The molecule has 3 rings (SSSR count). The summed E-state index contributed by atoms with van der Waals surface area (Å²) in [6.07, 6.45) is 1.01. The number of ether oxygens (including phenoxy) is 3. The van der Waals surface area contributed by atoms with E-state index in [2.05, 4.69) is 19.2 Å². The van der Waals surface area contributed by atoms with E-state index in [0.29, 0.717) is 47.7 Å². The van der Waals surface area contributed by atoms with Crippen LogP contribution in [0.5, 0.6) is 17.2 Å². The summed E-state index contributed by atoms with van der Waals surface area (Å²) in [4.78, 5) is 13.0. The molecule has 2 aromatic carbocycles. The molecule has 0 aliphatic carbocycles. The lowest BCUT2D eigenvalue weighted by Crippen LogP contribution is -2.42. The lowest BCUT2D eigenvalue weighted by molar-refractivity contribution is 0.0950. The highest BCUT2D eigenvalue weighted by molar-refractivity contribution is 7.89. The summed E-state index contributed by atoms with van der Waals surface area (Å²) in [5, 5.41) is 2.83. The second-order valence-electron chi connectivity index (χ2n) is 8.50. The second-order valence-corrected chi connectivity index (χ2v) is 10.4. The van der Waals surface area contributed by atoms with Gasteiger partial charge in [-0.1, -0.05) is 19.9 Å². The van der Waals surface area contributed by atoms with Crippen LogP contribution in [-0.4, -0.2) is 53.0 Å². The highest BCUT2D eigenvalue weighted by atomic mass is 32.2. The van der Waals surface area contributed by atoms with Crippen LogP contribution in [0.2, 0.25) is 0 Å². The Morgan fingerprint density at radius 2 is 1.58 bits per heavy atom. The minimum Gasteiger partial charge on any atom is -0.496 e. The first-order valence-electron chi connectivity index (χ1n) is 10.9. The average Bonchev–Trinajstić information content (AvgIpc) is 2.81. The number of carbonyl (C=O) groups is 1. The van der Waals surface area contributed by atoms with Crippen molar-refractivity contribution in [1.29, 1.82) is 0 Å². The Labute approximate surface area is 195 Å². The molecule has 0 aromatic heterocycles. The Bertz CT molecular complexity index is 1090. The van der Waals surface area contributed by atoms with Gasteiger partial charge in [0.05, 0.1) is 26.2 Å². The van der Waals surface area contributed by atoms with Gasteiger partial charge in [-0.25, -0.2) is 8.42 Å². The molecule has 2 aromatic rings. The van der Waals surface area contributed by atoms with Gasteiger partial charge in [0.15, 0.2) is 11.5 Å². The second kappa shape index (κ2) is 10.4. The van der Waals surface area contributed by atoms with Gasteiger partial charge >= 0.3 is 0 Å². The van der Waals surface area contributed by atoms with Crippen LogP contribution < -0.4 is 19.5 Å². The largest absolute Gasteiger partial charge is 0.496 e. The molecule has 1 N–H and O–H groups in total. The van der Waals surface area contributed by atoms with Crippen molar-refractivity contribution in [2.75, 3.05) is 34.4 Å². The highest BCUT2D eigenvalue weighted by Crippen LogP contribution is 2.34. The zero-order valence-corrected chi connectivity index (χ0v) is 20.6. The molecule has 1 fully saturated rings. The Morgan fingerprint density at radius 3 is 2.18 bits per heavy atom. The molecular formula is C24H32N2O6S. The fourth-order valence-corrected chi connectivity index (χ4v) is 5.98. The number of nitrogens with zero attached hydrogens (tertiary/aromatic N) is 1. The van der Waals surface area contributed by atoms with E-state index < -0.39 is 10.0 Å². The molecule has 1 aliphatic rings. The number of benzene rings is 2. The van der Waals surface area contributed by atoms with Gasteiger partial charge in [0.25, 0.3) is 5.91 Å². The summed E-state index contributed by atoms with van der Waals surface area (Å²) in [7, 11) is 0.918. The van der Waals surface area contributed by atoms with E-state index in [0.717, 1.165) is 6.42 Å². The third-order valence-electron chi connectivity index (χ3n) is 5.80. The number of carbonyl (C=O) groups excluding carboxylic acids is 1. The first kappa shape index (κ1) is 24.9. The van der Waals surface area contributed by atoms with Gasteiger partial charge in [-0.15, -0.1) is 0 Å². The number of amides is 1. The quantitative estimate of drug-likeness (QED) is 0.628. The topological polar surface area (TPSA) is 94.2 Å². The van der Waals surface area contributed by atoms with Crippen LogP contribution in [0.15, 0.2) is 41.3 Å². The van der Waals surface area contributed by atoms with Gasteiger partial charge in [0.2, 0.25) is 10.0 Å². The highest BCUT2D eigenvalue weighted by Gasteiger charge is 2.32. The standard InChI is InChI=1S/C24H32N2O6S/c1-16-9-17(2)15-26(14-16)33(28,29)20-8-6-7-18(10-20)24(27)25-13-19-11-22(31-4)23(32-5)12-21(19)30-3/h6-8,10-12,16-17H,9,13-15H2,1-5H3,(H,25,27)/t16-,17-/m1/s1. The van der Waals surface area contributed by atoms with Crippen LogP contribution in [0.4, 0.5) is 0 Å². The van der Waals surface area contributed by atoms with E-state index in [1.165, 1.54) is 37.8 Å². The predicted octanol–water partition coefficient (Wildman–Crippen LogP) is 3.31. The minimum atomic E-state index is -3.68. The monoisotopic (exact) mass is 476 g/mol. The van der Waals surface area contributed by atoms with E-state index >= 15 is 0 Å². The lowest BCUT2D eigenvalue weighted by Gasteiger charge is -2.34. The molecule has 9 heteroatoms. The van der Waals surface area contributed by atoms with E-state index in [1.54, 1.807) is 24.3 Å². The minimum absolute atomic E-state index is 0.125. The van der Waals surface area contributed by atoms with Crippen LogP contribution in [-0.2, 0) is 16.6 Å². The first-order chi connectivity index (χ1) is 15.7. The van der Waals surface area contributed by atoms with Crippen molar-refractivity contribution >= 4 is 15.9 Å². The molecule has 1 amide bonds. The number of hydrogen-bond acceptors (Lipinski definition) is 6. The molecule has 0 saturated carbocycles. The van der Waals surface area contributed by atoms with Crippen molar-refractivity contribution in [3.05, 3.63) is 47.5 Å². The number of hydrogen-bond donors (Lipinski definition) is 1. The summed E-state index contributed by atoms with van der Waals surface area (Å²) in [5.74, 6) is 1.78. The van der Waals surface area contributed by atoms with Crippen molar-refractivity contribution in [3.63, 3.8) is 0 Å². The maximum atomic E-state index is 13.2. The van der Waals surface area contributed by atoms with Crippen LogP contribution >= 0.6 is 0 Å². The lowest BCUT2D eigenvalue weighted by atomic mass is 9.94. The Kier molecular flexibility index (Phi) is 7.86. The van der Waals surface area contributed by atoms with E-state index in [9.17, 15) is 13.2 Å². The summed E-state index contributed by atoms with van der Waals surface area (Å²) in [6.45, 7) is 5.26. The predicted molar refractivity (Wildman–Crippen MR) is 125 cm³/mol. The summed E-state index contributed by atoms with van der Waals surface area (Å²) in [5.41, 5.74) is 0.970. The molecule has 0 spiro atoms. The summed E-state index contributed by atoms with van der Waals surface area (Å²) in [6, 6.07) is 9.58. The van der Waals surface area contributed by atoms with Crippen LogP contribution in [0, 0.1) is 11.8 Å². The summed E-state index contributed by atoms with van der Waals surface area (Å²) < 4.78 is 43.9. The number of sulfonamides is 1. The van der Waals surface area contributed by atoms with Crippen molar-refractivity contribution in [3.8, 4) is 17.2 Å². The molecule has 1 saturated heterocycles. The van der Waals surface area contributed by atoms with E-state index in [1.807, 2.05) is 0 Å². The Hall–Kier alpha value is -2.78. The maximum absolute atomic E-state index is 13.2. The third-order valence-corrected chi connectivity index (χ3v) is 7.62. The summed E-state index contributed by atoms with van der Waals surface area (Å²) >= 11 is 0. The van der Waals surface area contributed by atoms with Gasteiger partial charge < -0.3 is 19.5 Å². The van der Waals surface area contributed by atoms with Crippen molar-refractivity contribution < 1.29 is 27.4 Å². The molecule has 2 atom stereocenters. The maximum Gasteiger partial charge on any atom is 0.251 e. The van der Waals surface area contributed by atoms with Crippen LogP contribution in [0.3, 0.4) is 0 Å². The number of nitrogens with one attached hydrogen (secondary N) is 1. The third kappa shape index (κ3) is 5.59. The number of rotatable bonds is 8. The molecule has 0 radical (unpaired) electrons. The molecule has 8 nitrogen and oxygen atoms in total. The van der Waals surface area contributed by atoms with Gasteiger partial charge in [-0.3, -0.25) is 4.79 Å². The van der Waals surface area contributed by atoms with Crippen molar-refractivity contribution in [1.82, 2.24) is 9.62 Å². The van der Waals surface area contributed by atoms with Crippen molar-refractivity contribution in [2.24, 2.45) is 11.8 Å². The van der Waals surface area contributed by atoms with E-state index in [-0.39, 0.29) is 22.9 Å². The molecule has 180 valence electrons. The smallest absolute Gasteiger partial charge is 0.251 e. The molecule has 0 bridgehead atoms. The molecule has 0 unspecified atom stereocenters. The Balaban J connectivity index is 1.78. The normalized spacial score (nSPS) is 19.1. The van der Waals surface area contributed by atoms with E-state index in [4.69, 9.17) is 14.2 Å². The zero-order chi connectivity index (χ0) is 24.2. The van der Waals surface area contributed by atoms with Gasteiger partial charge in [-0.05, 0) is 42.5 Å². The number of methoxy groups -OCH3 is 3. The van der Waals surface area contributed by atoms with Crippen molar-refractivity contribution in [2.45, 2.75) is 31.7 Å². The average molecular weight is 477 g/mol. The SMILES string of the molecule is COc1cc(OC)c(OC)cc1CNC(=O)c1cccc(S(=O)(=O)N2C[C@H](C)C[C@@H](C)C2)c1. The molecule has 33 heavy (non-hydrogen) atoms. The van der Waals surface area contributed by atoms with Gasteiger partial charge in [-0.2, -0.15) is 4.31 Å². The molecule has 1 aliphatic heterocycles. The molecule has 1 heterocycles. The van der Waals surface area contributed by atoms with Gasteiger partial charge in [0.1, 0.15) is 5.75 Å². The fourth-order valence-electron chi connectivity index (χ4n) is 4.26. The first-order valence-corrected chi connectivity index (χ1v) is 12.3.